The normalized spacial score (nSPS) is 14.8. The second-order valence-electron chi connectivity index (χ2n) is 6.88. The van der Waals surface area contributed by atoms with Gasteiger partial charge in [0.2, 0.25) is 0 Å². The number of fused-ring (bicyclic) bond motifs is 2. The van der Waals surface area contributed by atoms with Crippen LogP contribution in [0, 0.1) is 6.92 Å². The van der Waals surface area contributed by atoms with E-state index in [1.54, 1.807) is 6.20 Å². The predicted octanol–water partition coefficient (Wildman–Crippen LogP) is 4.49. The lowest BCUT2D eigenvalue weighted by Crippen LogP contribution is -2.27. The van der Waals surface area contributed by atoms with E-state index in [9.17, 15) is 4.39 Å². The molecule has 0 bridgehead atoms. The van der Waals surface area contributed by atoms with Gasteiger partial charge in [-0.1, -0.05) is 19.1 Å². The fourth-order valence-electron chi connectivity index (χ4n) is 3.47. The molecule has 0 N–H and O–H groups in total. The quantitative estimate of drug-likeness (QED) is 0.514. The molecule has 3 aromatic heterocycles. The van der Waals surface area contributed by atoms with Gasteiger partial charge in [-0.3, -0.25) is 9.55 Å². The summed E-state index contributed by atoms with van der Waals surface area (Å²) < 4.78 is 20.8. The van der Waals surface area contributed by atoms with Crippen molar-refractivity contribution in [2.45, 2.75) is 26.4 Å². The van der Waals surface area contributed by atoms with Crippen LogP contribution >= 0.6 is 11.5 Å². The topological polar surface area (TPSA) is 59.7 Å². The molecule has 1 atom stereocenters. The maximum Gasteiger partial charge on any atom is 0.195 e. The molecule has 0 saturated heterocycles. The van der Waals surface area contributed by atoms with E-state index in [1.165, 1.54) is 17.7 Å². The Bertz CT molecular complexity index is 1210. The Kier molecular flexibility index (Phi) is 3.94. The van der Waals surface area contributed by atoms with E-state index in [1.807, 2.05) is 46.7 Å². The average Bonchev–Trinajstić information content (AvgIpc) is 3.33. The number of benzene rings is 1. The number of aryl methyl sites for hydroxylation is 1. The lowest BCUT2D eigenvalue weighted by atomic mass is 9.98. The van der Waals surface area contributed by atoms with Gasteiger partial charge in [0.1, 0.15) is 17.5 Å². The Morgan fingerprint density at radius 1 is 1.18 bits per heavy atom. The summed E-state index contributed by atoms with van der Waals surface area (Å²) in [5, 5.41) is 10.4. The summed E-state index contributed by atoms with van der Waals surface area (Å²) in [6, 6.07) is 12.1. The van der Waals surface area contributed by atoms with Crippen molar-refractivity contribution < 1.29 is 4.39 Å². The van der Waals surface area contributed by atoms with Crippen LogP contribution < -0.4 is 4.90 Å². The Labute approximate surface area is 165 Å². The number of halogens is 1. The zero-order chi connectivity index (χ0) is 19.3. The van der Waals surface area contributed by atoms with E-state index in [4.69, 9.17) is 0 Å². The van der Waals surface area contributed by atoms with Gasteiger partial charge < -0.3 is 4.90 Å². The second-order valence-corrected chi connectivity index (χ2v) is 7.67. The third kappa shape index (κ3) is 2.77. The van der Waals surface area contributed by atoms with Crippen molar-refractivity contribution in [3.8, 4) is 0 Å². The molecule has 0 amide bonds. The van der Waals surface area contributed by atoms with Crippen LogP contribution in [-0.4, -0.2) is 24.1 Å². The zero-order valence-corrected chi connectivity index (χ0v) is 16.2. The fourth-order valence-corrected chi connectivity index (χ4v) is 4.20. The number of rotatable bonds is 3. The Morgan fingerprint density at radius 2 is 2.07 bits per heavy atom. The van der Waals surface area contributed by atoms with Crippen LogP contribution in [0.1, 0.15) is 35.7 Å². The van der Waals surface area contributed by atoms with E-state index in [2.05, 4.69) is 32.5 Å². The highest BCUT2D eigenvalue weighted by atomic mass is 32.1. The summed E-state index contributed by atoms with van der Waals surface area (Å²) in [7, 11) is 0. The van der Waals surface area contributed by atoms with Crippen LogP contribution in [0.2, 0.25) is 0 Å². The number of anilines is 1. The van der Waals surface area contributed by atoms with Crippen molar-refractivity contribution in [2.24, 2.45) is 0 Å². The van der Waals surface area contributed by atoms with Crippen molar-refractivity contribution >= 4 is 33.3 Å². The SMILES string of the molecule is Cc1cc(N2C=C(F)c3nnc(C(C)c4ccc5ncccc5c4)n3C2)sn1. The number of hydrogen-bond donors (Lipinski definition) is 0. The fraction of sp³-hybridized carbons (Fsp3) is 0.200. The van der Waals surface area contributed by atoms with Crippen LogP contribution in [0.25, 0.3) is 16.7 Å². The first-order chi connectivity index (χ1) is 13.6. The monoisotopic (exact) mass is 392 g/mol. The molecule has 1 unspecified atom stereocenters. The van der Waals surface area contributed by atoms with Gasteiger partial charge in [-0.15, -0.1) is 10.2 Å². The molecule has 4 heterocycles. The highest BCUT2D eigenvalue weighted by molar-refractivity contribution is 7.10. The summed E-state index contributed by atoms with van der Waals surface area (Å²) >= 11 is 1.35. The van der Waals surface area contributed by atoms with E-state index >= 15 is 0 Å². The number of hydrogen-bond acceptors (Lipinski definition) is 6. The van der Waals surface area contributed by atoms with Crippen LogP contribution in [0.15, 0.2) is 48.8 Å². The smallest absolute Gasteiger partial charge is 0.195 e. The van der Waals surface area contributed by atoms with Gasteiger partial charge in [0.05, 0.1) is 11.2 Å². The molecule has 4 aromatic rings. The van der Waals surface area contributed by atoms with Gasteiger partial charge in [-0.25, -0.2) is 4.39 Å². The molecule has 5 rings (SSSR count). The first kappa shape index (κ1) is 17.0. The summed E-state index contributed by atoms with van der Waals surface area (Å²) in [6.07, 6.45) is 3.25. The predicted molar refractivity (Wildman–Crippen MR) is 108 cm³/mol. The molecule has 1 aromatic carbocycles. The van der Waals surface area contributed by atoms with Crippen molar-refractivity contribution in [3.05, 3.63) is 71.7 Å². The molecule has 8 heteroatoms. The average molecular weight is 392 g/mol. The van der Waals surface area contributed by atoms with E-state index in [0.717, 1.165) is 33.0 Å². The number of aromatic nitrogens is 5. The van der Waals surface area contributed by atoms with Crippen molar-refractivity contribution in [2.75, 3.05) is 4.90 Å². The highest BCUT2D eigenvalue weighted by Gasteiger charge is 2.27. The zero-order valence-electron chi connectivity index (χ0n) is 15.4. The Morgan fingerprint density at radius 3 is 2.89 bits per heavy atom. The summed E-state index contributed by atoms with van der Waals surface area (Å²) in [6.45, 7) is 4.44. The maximum absolute atomic E-state index is 14.7. The summed E-state index contributed by atoms with van der Waals surface area (Å²) in [4.78, 5) is 6.21. The molecular formula is C20H17FN6S. The van der Waals surface area contributed by atoms with Gasteiger partial charge in [0, 0.05) is 23.7 Å². The van der Waals surface area contributed by atoms with Crippen molar-refractivity contribution in [3.63, 3.8) is 0 Å². The molecule has 1 aliphatic heterocycles. The molecule has 140 valence electrons. The van der Waals surface area contributed by atoms with Crippen LogP contribution in [0.4, 0.5) is 9.39 Å². The van der Waals surface area contributed by atoms with E-state index < -0.39 is 5.83 Å². The third-order valence-electron chi connectivity index (χ3n) is 4.97. The highest BCUT2D eigenvalue weighted by Crippen LogP contribution is 2.33. The van der Waals surface area contributed by atoms with Crippen molar-refractivity contribution in [1.29, 1.82) is 0 Å². The molecule has 1 aliphatic rings. The number of pyridine rings is 1. The lowest BCUT2D eigenvalue weighted by Gasteiger charge is -2.25. The van der Waals surface area contributed by atoms with Crippen LogP contribution in [0.5, 0.6) is 0 Å². The minimum atomic E-state index is -0.397. The van der Waals surface area contributed by atoms with Crippen LogP contribution in [0.3, 0.4) is 0 Å². The first-order valence-electron chi connectivity index (χ1n) is 8.95. The Balaban J connectivity index is 1.53. The van der Waals surface area contributed by atoms with Gasteiger partial charge in [0.25, 0.3) is 0 Å². The molecule has 0 fully saturated rings. The summed E-state index contributed by atoms with van der Waals surface area (Å²) in [5.41, 5.74) is 2.95. The first-order valence-corrected chi connectivity index (χ1v) is 9.73. The van der Waals surface area contributed by atoms with Crippen LogP contribution in [-0.2, 0) is 6.67 Å². The maximum atomic E-state index is 14.7. The van der Waals surface area contributed by atoms with E-state index in [-0.39, 0.29) is 11.7 Å². The standard InChI is InChI=1S/C20H17FN6S/c1-12-8-18(28-25-12)26-10-16(21)20-24-23-19(27(20)11-26)13(2)14-5-6-17-15(9-14)4-3-7-22-17/h3-10,13H,11H2,1-2H3. The molecule has 0 spiro atoms. The largest absolute Gasteiger partial charge is 0.317 e. The minimum absolute atomic E-state index is 0.0400. The molecule has 6 nitrogen and oxygen atoms in total. The molecule has 28 heavy (non-hydrogen) atoms. The molecular weight excluding hydrogens is 375 g/mol. The van der Waals surface area contributed by atoms with E-state index in [0.29, 0.717) is 6.67 Å². The third-order valence-corrected chi connectivity index (χ3v) is 5.89. The lowest BCUT2D eigenvalue weighted by molar-refractivity contribution is 0.595. The second kappa shape index (κ2) is 6.49. The van der Waals surface area contributed by atoms with Gasteiger partial charge in [-0.05, 0) is 48.3 Å². The van der Waals surface area contributed by atoms with Crippen molar-refractivity contribution in [1.82, 2.24) is 24.1 Å². The molecule has 0 aliphatic carbocycles. The number of nitrogens with zero attached hydrogens (tertiary/aromatic N) is 6. The van der Waals surface area contributed by atoms with Gasteiger partial charge >= 0.3 is 0 Å². The Hall–Kier alpha value is -3.13. The summed E-state index contributed by atoms with van der Waals surface area (Å²) in [5.74, 6) is 0.558. The minimum Gasteiger partial charge on any atom is -0.317 e. The molecule has 0 saturated carbocycles. The van der Waals surface area contributed by atoms with Gasteiger partial charge in [0.15, 0.2) is 11.7 Å². The molecule has 0 radical (unpaired) electrons. The van der Waals surface area contributed by atoms with Gasteiger partial charge in [-0.2, -0.15) is 4.37 Å².